The summed E-state index contributed by atoms with van der Waals surface area (Å²) >= 11 is 0. The van der Waals surface area contributed by atoms with E-state index >= 15 is 0 Å². The molecule has 0 unspecified atom stereocenters. The highest BCUT2D eigenvalue weighted by Gasteiger charge is 2.30. The number of para-hydroxylation sites is 1. The molecule has 1 fully saturated rings. The lowest BCUT2D eigenvalue weighted by atomic mass is 10.1. The van der Waals surface area contributed by atoms with Gasteiger partial charge in [-0.25, -0.2) is 0 Å². The Hall–Kier alpha value is -3.02. The highest BCUT2D eigenvalue weighted by molar-refractivity contribution is 6.00. The van der Waals surface area contributed by atoms with E-state index in [1.54, 1.807) is 13.2 Å². The number of benzene rings is 2. The van der Waals surface area contributed by atoms with Crippen LogP contribution >= 0.6 is 0 Å². The molecule has 0 heterocycles. The van der Waals surface area contributed by atoms with Crippen LogP contribution in [0.25, 0.3) is 0 Å². The Kier molecular flexibility index (Phi) is 5.41. The van der Waals surface area contributed by atoms with Crippen LogP contribution in [0.4, 0.5) is 11.4 Å². The highest BCUT2D eigenvalue weighted by Crippen LogP contribution is 2.27. The summed E-state index contributed by atoms with van der Waals surface area (Å²) < 4.78 is 5.15. The predicted octanol–water partition coefficient (Wildman–Crippen LogP) is 3.42. The average Bonchev–Trinajstić information content (AvgIpc) is 3.11. The molecule has 2 aromatic rings. The minimum atomic E-state index is -0.789. The number of carbonyl (C=O) groups is 2. The van der Waals surface area contributed by atoms with Crippen LogP contribution in [-0.2, 0) is 4.79 Å². The first kappa shape index (κ1) is 17.8. The fraction of sp³-hybridized carbons (Fsp3) is 0.300. The number of carbonyl (C=O) groups excluding carboxylic acids is 1. The zero-order valence-electron chi connectivity index (χ0n) is 14.6. The minimum absolute atomic E-state index is 0.0994. The van der Waals surface area contributed by atoms with Crippen molar-refractivity contribution < 1.29 is 19.4 Å². The molecule has 1 amide bonds. The van der Waals surface area contributed by atoms with Crippen molar-refractivity contribution >= 4 is 23.3 Å². The third-order valence-electron chi connectivity index (χ3n) is 4.66. The Morgan fingerprint density at radius 2 is 1.81 bits per heavy atom. The van der Waals surface area contributed by atoms with Gasteiger partial charge < -0.3 is 20.5 Å². The molecule has 0 spiro atoms. The number of hydrogen-bond acceptors (Lipinski definition) is 4. The SMILES string of the molecule is COc1ccc(Nc2ccccc2C(=O)N[C@@H]2CC[C@H](C(=O)O)C2)cc1. The standard InChI is InChI=1S/C20H22N2O4/c1-26-16-10-8-14(9-11-16)21-18-5-3-2-4-17(18)19(23)22-15-7-6-13(12-15)20(24)25/h2-5,8-11,13,15,21H,6-7,12H2,1H3,(H,22,23)(H,24,25)/t13-,15+/m0/s1. The quantitative estimate of drug-likeness (QED) is 0.740. The van der Waals surface area contributed by atoms with Crippen LogP contribution in [0, 0.1) is 5.92 Å². The Morgan fingerprint density at radius 3 is 2.46 bits per heavy atom. The van der Waals surface area contributed by atoms with Crippen molar-refractivity contribution in [2.75, 3.05) is 12.4 Å². The van der Waals surface area contributed by atoms with Crippen molar-refractivity contribution in [1.29, 1.82) is 0 Å². The second-order valence-electron chi connectivity index (χ2n) is 6.42. The normalized spacial score (nSPS) is 19.0. The molecule has 0 radical (unpaired) electrons. The molecule has 26 heavy (non-hydrogen) atoms. The number of amides is 1. The second-order valence-corrected chi connectivity index (χ2v) is 6.42. The van der Waals surface area contributed by atoms with Gasteiger partial charge >= 0.3 is 5.97 Å². The van der Waals surface area contributed by atoms with Crippen molar-refractivity contribution in [2.45, 2.75) is 25.3 Å². The number of nitrogens with one attached hydrogen (secondary N) is 2. The molecule has 0 saturated heterocycles. The fourth-order valence-corrected chi connectivity index (χ4v) is 3.22. The number of ether oxygens (including phenoxy) is 1. The van der Waals surface area contributed by atoms with Crippen LogP contribution in [0.1, 0.15) is 29.6 Å². The molecule has 6 nitrogen and oxygen atoms in total. The first-order chi connectivity index (χ1) is 12.6. The van der Waals surface area contributed by atoms with E-state index < -0.39 is 5.97 Å². The maximum absolute atomic E-state index is 12.7. The number of methoxy groups -OCH3 is 1. The lowest BCUT2D eigenvalue weighted by molar-refractivity contribution is -0.141. The van der Waals surface area contributed by atoms with Gasteiger partial charge in [-0.1, -0.05) is 12.1 Å². The molecule has 0 aliphatic heterocycles. The van der Waals surface area contributed by atoms with E-state index in [4.69, 9.17) is 9.84 Å². The van der Waals surface area contributed by atoms with Crippen molar-refractivity contribution in [3.63, 3.8) is 0 Å². The summed E-state index contributed by atoms with van der Waals surface area (Å²) in [6.07, 6.45) is 1.78. The smallest absolute Gasteiger partial charge is 0.306 e. The zero-order valence-corrected chi connectivity index (χ0v) is 14.6. The number of aliphatic carboxylic acids is 1. The van der Waals surface area contributed by atoms with Gasteiger partial charge in [0.15, 0.2) is 0 Å². The number of hydrogen-bond donors (Lipinski definition) is 3. The van der Waals surface area contributed by atoms with Crippen LogP contribution < -0.4 is 15.4 Å². The first-order valence-electron chi connectivity index (χ1n) is 8.60. The summed E-state index contributed by atoms with van der Waals surface area (Å²) in [7, 11) is 1.61. The van der Waals surface area contributed by atoms with Gasteiger partial charge in [0, 0.05) is 11.7 Å². The monoisotopic (exact) mass is 354 g/mol. The van der Waals surface area contributed by atoms with Gasteiger partial charge in [0.2, 0.25) is 0 Å². The van der Waals surface area contributed by atoms with Crippen molar-refractivity contribution in [1.82, 2.24) is 5.32 Å². The van der Waals surface area contributed by atoms with E-state index in [1.807, 2.05) is 42.5 Å². The van der Waals surface area contributed by atoms with Crippen molar-refractivity contribution in [3.8, 4) is 5.75 Å². The molecule has 1 aliphatic rings. The summed E-state index contributed by atoms with van der Waals surface area (Å²) in [6.45, 7) is 0. The number of carboxylic acid groups (broad SMARTS) is 1. The zero-order chi connectivity index (χ0) is 18.5. The molecular formula is C20H22N2O4. The largest absolute Gasteiger partial charge is 0.497 e. The fourth-order valence-electron chi connectivity index (χ4n) is 3.22. The Bertz CT molecular complexity index is 789. The third kappa shape index (κ3) is 4.14. The third-order valence-corrected chi connectivity index (χ3v) is 4.66. The van der Waals surface area contributed by atoms with Gasteiger partial charge in [-0.3, -0.25) is 9.59 Å². The van der Waals surface area contributed by atoms with Gasteiger partial charge in [0.25, 0.3) is 5.91 Å². The summed E-state index contributed by atoms with van der Waals surface area (Å²) in [5.74, 6) is -0.593. The first-order valence-corrected chi connectivity index (χ1v) is 8.60. The van der Waals surface area contributed by atoms with E-state index in [1.165, 1.54) is 0 Å². The molecule has 1 aliphatic carbocycles. The Morgan fingerprint density at radius 1 is 1.08 bits per heavy atom. The Balaban J connectivity index is 1.70. The molecule has 1 saturated carbocycles. The van der Waals surface area contributed by atoms with Crippen LogP contribution in [0.5, 0.6) is 5.75 Å². The van der Waals surface area contributed by atoms with Crippen molar-refractivity contribution in [3.05, 3.63) is 54.1 Å². The van der Waals surface area contributed by atoms with E-state index in [2.05, 4.69) is 10.6 Å². The Labute approximate surface area is 152 Å². The predicted molar refractivity (Wildman–Crippen MR) is 98.9 cm³/mol. The van der Waals surface area contributed by atoms with Gasteiger partial charge in [-0.2, -0.15) is 0 Å². The molecule has 2 atom stereocenters. The van der Waals surface area contributed by atoms with E-state index in [0.717, 1.165) is 11.4 Å². The minimum Gasteiger partial charge on any atom is -0.497 e. The number of rotatable bonds is 6. The van der Waals surface area contributed by atoms with E-state index in [-0.39, 0.29) is 17.9 Å². The maximum atomic E-state index is 12.7. The molecule has 6 heteroatoms. The lowest BCUT2D eigenvalue weighted by Crippen LogP contribution is -2.33. The van der Waals surface area contributed by atoms with Gasteiger partial charge in [0.05, 0.1) is 24.3 Å². The second kappa shape index (κ2) is 7.91. The van der Waals surface area contributed by atoms with Crippen LogP contribution in [0.3, 0.4) is 0 Å². The molecular weight excluding hydrogens is 332 g/mol. The summed E-state index contributed by atoms with van der Waals surface area (Å²) in [4.78, 5) is 23.7. The number of anilines is 2. The molecule has 0 bridgehead atoms. The molecule has 0 aromatic heterocycles. The average molecular weight is 354 g/mol. The molecule has 2 aromatic carbocycles. The number of carboxylic acids is 1. The molecule has 136 valence electrons. The summed E-state index contributed by atoms with van der Waals surface area (Å²) in [5, 5.41) is 15.3. The van der Waals surface area contributed by atoms with Crippen LogP contribution in [0.2, 0.25) is 0 Å². The van der Waals surface area contributed by atoms with E-state index in [0.29, 0.717) is 30.5 Å². The molecule has 3 rings (SSSR count). The van der Waals surface area contributed by atoms with Crippen LogP contribution in [-0.4, -0.2) is 30.1 Å². The molecule has 3 N–H and O–H groups in total. The summed E-state index contributed by atoms with van der Waals surface area (Å²) in [5.41, 5.74) is 2.07. The van der Waals surface area contributed by atoms with Crippen LogP contribution in [0.15, 0.2) is 48.5 Å². The summed E-state index contributed by atoms with van der Waals surface area (Å²) in [6, 6.07) is 14.6. The van der Waals surface area contributed by atoms with Crippen molar-refractivity contribution in [2.24, 2.45) is 5.92 Å². The highest BCUT2D eigenvalue weighted by atomic mass is 16.5. The van der Waals surface area contributed by atoms with Gasteiger partial charge in [-0.15, -0.1) is 0 Å². The lowest BCUT2D eigenvalue weighted by Gasteiger charge is -2.16. The topological polar surface area (TPSA) is 87.7 Å². The van der Waals surface area contributed by atoms with E-state index in [9.17, 15) is 9.59 Å². The maximum Gasteiger partial charge on any atom is 0.306 e. The van der Waals surface area contributed by atoms with Gasteiger partial charge in [-0.05, 0) is 55.7 Å². The van der Waals surface area contributed by atoms with Gasteiger partial charge in [0.1, 0.15) is 5.75 Å².